The third-order valence-electron chi connectivity index (χ3n) is 3.37. The molecule has 1 aromatic heterocycles. The van der Waals surface area contributed by atoms with Crippen LogP contribution in [-0.4, -0.2) is 10.5 Å². The molecule has 0 atom stereocenters. The number of nitrogens with zero attached hydrogens (tertiary/aromatic N) is 1. The van der Waals surface area contributed by atoms with E-state index in [9.17, 15) is 0 Å². The van der Waals surface area contributed by atoms with Gasteiger partial charge in [0.05, 0.1) is 0 Å². The van der Waals surface area contributed by atoms with Crippen molar-refractivity contribution in [3.63, 3.8) is 0 Å². The Bertz CT molecular complexity index is 541. The van der Waals surface area contributed by atoms with E-state index in [-0.39, 0.29) is 5.54 Å². The third-order valence-corrected chi connectivity index (χ3v) is 3.37. The van der Waals surface area contributed by atoms with E-state index in [2.05, 4.69) is 29.2 Å². The van der Waals surface area contributed by atoms with Gasteiger partial charge in [-0.1, -0.05) is 12.1 Å². The lowest BCUT2D eigenvalue weighted by Gasteiger charge is -2.09. The van der Waals surface area contributed by atoms with Gasteiger partial charge >= 0.3 is 0 Å². The van der Waals surface area contributed by atoms with Crippen LogP contribution in [0.2, 0.25) is 0 Å². The van der Waals surface area contributed by atoms with Gasteiger partial charge in [0.25, 0.3) is 0 Å². The number of pyridine rings is 1. The van der Waals surface area contributed by atoms with Gasteiger partial charge < -0.3 is 5.73 Å². The second-order valence-electron chi connectivity index (χ2n) is 5.05. The van der Waals surface area contributed by atoms with Crippen LogP contribution in [0.4, 0.5) is 0 Å². The third kappa shape index (κ3) is 1.81. The highest BCUT2D eigenvalue weighted by atomic mass is 14.8. The number of aromatic nitrogens is 1. The fourth-order valence-corrected chi connectivity index (χ4v) is 2.15. The summed E-state index contributed by atoms with van der Waals surface area (Å²) in [5.41, 5.74) is 8.62. The standard InChI is InChI=1S/C14H16N2/c1-10-6-12-3-2-11(7-13(12)9-16-10)8-14(15)4-5-14/h2-3,6-7,9H,4-5,8,15H2,1H3. The molecule has 0 bridgehead atoms. The number of aryl methyl sites for hydroxylation is 1. The number of hydrogen-bond acceptors (Lipinski definition) is 2. The zero-order valence-electron chi connectivity index (χ0n) is 9.53. The number of fused-ring (bicyclic) bond motifs is 1. The molecule has 3 rings (SSSR count). The van der Waals surface area contributed by atoms with Gasteiger partial charge in [0, 0.05) is 22.8 Å². The number of hydrogen-bond donors (Lipinski definition) is 1. The molecule has 0 unspecified atom stereocenters. The van der Waals surface area contributed by atoms with Crippen LogP contribution in [0.15, 0.2) is 30.5 Å². The van der Waals surface area contributed by atoms with Crippen molar-refractivity contribution in [2.45, 2.75) is 31.7 Å². The molecule has 1 aromatic carbocycles. The van der Waals surface area contributed by atoms with Crippen molar-refractivity contribution in [1.29, 1.82) is 0 Å². The number of rotatable bonds is 2. The monoisotopic (exact) mass is 212 g/mol. The molecule has 1 heterocycles. The zero-order chi connectivity index (χ0) is 11.2. The summed E-state index contributed by atoms with van der Waals surface area (Å²) in [6, 6.07) is 8.70. The number of benzene rings is 1. The Labute approximate surface area is 95.5 Å². The fraction of sp³-hybridized carbons (Fsp3) is 0.357. The summed E-state index contributed by atoms with van der Waals surface area (Å²) in [6.07, 6.45) is 5.27. The summed E-state index contributed by atoms with van der Waals surface area (Å²) >= 11 is 0. The van der Waals surface area contributed by atoms with Crippen molar-refractivity contribution in [2.75, 3.05) is 0 Å². The molecule has 0 saturated heterocycles. The molecule has 2 heteroatoms. The molecule has 2 nitrogen and oxygen atoms in total. The van der Waals surface area contributed by atoms with Gasteiger partial charge in [-0.3, -0.25) is 4.98 Å². The summed E-state index contributed by atoms with van der Waals surface area (Å²) in [4.78, 5) is 4.33. The molecule has 0 radical (unpaired) electrons. The Morgan fingerprint density at radius 2 is 2.06 bits per heavy atom. The highest BCUT2D eigenvalue weighted by molar-refractivity contribution is 5.82. The van der Waals surface area contributed by atoms with Crippen molar-refractivity contribution < 1.29 is 0 Å². The first kappa shape index (κ1) is 9.79. The van der Waals surface area contributed by atoms with Crippen molar-refractivity contribution in [3.05, 3.63) is 41.7 Å². The SMILES string of the molecule is Cc1cc2ccc(CC3(N)CC3)cc2cn1. The summed E-state index contributed by atoms with van der Waals surface area (Å²) in [7, 11) is 0. The second kappa shape index (κ2) is 3.29. The molecule has 0 amide bonds. The Kier molecular flexibility index (Phi) is 2.01. The van der Waals surface area contributed by atoms with E-state index in [1.54, 1.807) is 0 Å². The molecule has 0 spiro atoms. The average molecular weight is 212 g/mol. The van der Waals surface area contributed by atoms with Gasteiger partial charge in [-0.05, 0) is 49.3 Å². The highest BCUT2D eigenvalue weighted by Crippen LogP contribution is 2.36. The molecule has 1 aliphatic carbocycles. The first-order valence-electron chi connectivity index (χ1n) is 5.79. The van der Waals surface area contributed by atoms with Crippen LogP contribution in [0, 0.1) is 6.92 Å². The number of nitrogens with two attached hydrogens (primary N) is 1. The largest absolute Gasteiger partial charge is 0.325 e. The van der Waals surface area contributed by atoms with Crippen molar-refractivity contribution >= 4 is 10.8 Å². The molecular formula is C14H16N2. The topological polar surface area (TPSA) is 38.9 Å². The molecule has 2 N–H and O–H groups in total. The quantitative estimate of drug-likeness (QED) is 0.831. The minimum Gasteiger partial charge on any atom is -0.325 e. The lowest BCUT2D eigenvalue weighted by Crippen LogP contribution is -2.24. The molecule has 1 aliphatic rings. The second-order valence-corrected chi connectivity index (χ2v) is 5.05. The van der Waals surface area contributed by atoms with Crippen LogP contribution in [-0.2, 0) is 6.42 Å². The van der Waals surface area contributed by atoms with Gasteiger partial charge in [-0.2, -0.15) is 0 Å². The molecule has 1 fully saturated rings. The van der Waals surface area contributed by atoms with Crippen molar-refractivity contribution in [2.24, 2.45) is 5.73 Å². The molecular weight excluding hydrogens is 196 g/mol. The highest BCUT2D eigenvalue weighted by Gasteiger charge is 2.37. The molecule has 16 heavy (non-hydrogen) atoms. The zero-order valence-corrected chi connectivity index (χ0v) is 9.53. The lowest BCUT2D eigenvalue weighted by molar-refractivity contribution is 0.673. The average Bonchev–Trinajstić information content (AvgIpc) is 2.96. The maximum Gasteiger partial charge on any atom is 0.0379 e. The molecule has 82 valence electrons. The van der Waals surface area contributed by atoms with Crippen molar-refractivity contribution in [3.8, 4) is 0 Å². The summed E-state index contributed by atoms with van der Waals surface area (Å²) < 4.78 is 0. The molecule has 0 aliphatic heterocycles. The predicted octanol–water partition coefficient (Wildman–Crippen LogP) is 2.58. The first-order valence-corrected chi connectivity index (χ1v) is 5.79. The van der Waals surface area contributed by atoms with E-state index < -0.39 is 0 Å². The summed E-state index contributed by atoms with van der Waals surface area (Å²) in [5, 5.41) is 2.48. The Morgan fingerprint density at radius 3 is 2.81 bits per heavy atom. The van der Waals surface area contributed by atoms with Crippen molar-refractivity contribution in [1.82, 2.24) is 4.98 Å². The van der Waals surface area contributed by atoms with Gasteiger partial charge in [-0.15, -0.1) is 0 Å². The normalized spacial score (nSPS) is 17.6. The van der Waals surface area contributed by atoms with Crippen LogP contribution in [0.25, 0.3) is 10.8 Å². The van der Waals surface area contributed by atoms with Crippen LogP contribution in [0.1, 0.15) is 24.1 Å². The van der Waals surface area contributed by atoms with Crippen LogP contribution in [0.3, 0.4) is 0 Å². The summed E-state index contributed by atoms with van der Waals surface area (Å²) in [6.45, 7) is 2.02. The first-order chi connectivity index (χ1) is 7.65. The van der Waals surface area contributed by atoms with Gasteiger partial charge in [0.1, 0.15) is 0 Å². The van der Waals surface area contributed by atoms with Gasteiger partial charge in [-0.25, -0.2) is 0 Å². The Morgan fingerprint density at radius 1 is 1.25 bits per heavy atom. The van der Waals surface area contributed by atoms with E-state index in [0.29, 0.717) is 0 Å². The summed E-state index contributed by atoms with van der Waals surface area (Å²) in [5.74, 6) is 0. The van der Waals surface area contributed by atoms with Gasteiger partial charge in [0.2, 0.25) is 0 Å². The smallest absolute Gasteiger partial charge is 0.0379 e. The maximum atomic E-state index is 6.13. The van der Waals surface area contributed by atoms with Crippen LogP contribution < -0.4 is 5.73 Å². The van der Waals surface area contributed by atoms with E-state index in [0.717, 1.165) is 25.0 Å². The molecule has 2 aromatic rings. The minimum atomic E-state index is 0.0891. The Balaban J connectivity index is 1.99. The maximum absolute atomic E-state index is 6.13. The van der Waals surface area contributed by atoms with E-state index in [1.807, 2.05) is 13.1 Å². The van der Waals surface area contributed by atoms with Gasteiger partial charge in [0.15, 0.2) is 0 Å². The van der Waals surface area contributed by atoms with Crippen LogP contribution >= 0.6 is 0 Å². The van der Waals surface area contributed by atoms with E-state index in [1.165, 1.54) is 16.3 Å². The predicted molar refractivity (Wildman–Crippen MR) is 66.3 cm³/mol. The fourth-order valence-electron chi connectivity index (χ4n) is 2.15. The van der Waals surface area contributed by atoms with Crippen LogP contribution in [0.5, 0.6) is 0 Å². The van der Waals surface area contributed by atoms with E-state index >= 15 is 0 Å². The molecule has 1 saturated carbocycles. The van der Waals surface area contributed by atoms with E-state index in [4.69, 9.17) is 5.73 Å². The Hall–Kier alpha value is -1.41. The minimum absolute atomic E-state index is 0.0891. The lowest BCUT2D eigenvalue weighted by atomic mass is 10.0.